The maximum Gasteiger partial charge on any atom is 0.154 e. The first kappa shape index (κ1) is 6.24. The lowest BCUT2D eigenvalue weighted by atomic mass is 10.0. The zero-order valence-corrected chi connectivity index (χ0v) is 4.96. The van der Waals surface area contributed by atoms with Crippen LogP contribution >= 0.6 is 0 Å². The van der Waals surface area contributed by atoms with Gasteiger partial charge in [0.25, 0.3) is 0 Å². The van der Waals surface area contributed by atoms with E-state index in [0.29, 0.717) is 13.0 Å². The Kier molecular flexibility index (Phi) is 1.81. The highest BCUT2D eigenvalue weighted by atomic mass is 16.5. The summed E-state index contributed by atoms with van der Waals surface area (Å²) in [5, 5.41) is 8.31. The highest BCUT2D eigenvalue weighted by Gasteiger charge is 2.21. The molecule has 48 valence electrons. The summed E-state index contributed by atoms with van der Waals surface area (Å²) in [6, 6.07) is 1.88. The topological polar surface area (TPSA) is 50.1 Å². The van der Waals surface area contributed by atoms with Crippen LogP contribution in [0.25, 0.3) is 0 Å². The van der Waals surface area contributed by atoms with E-state index in [-0.39, 0.29) is 12.4 Å². The number of Topliss-reactive ketones (excluding diaryl/α,β-unsaturated/α-hetero) is 1. The van der Waals surface area contributed by atoms with Gasteiger partial charge in [-0.25, -0.2) is 0 Å². The van der Waals surface area contributed by atoms with Crippen molar-refractivity contribution in [3.8, 4) is 6.07 Å². The Morgan fingerprint density at radius 2 is 2.56 bits per heavy atom. The summed E-state index contributed by atoms with van der Waals surface area (Å²) in [6.07, 6.45) is 0.401. The average molecular weight is 125 g/mol. The molecule has 1 heterocycles. The first-order chi connectivity index (χ1) is 4.34. The Balaban J connectivity index is 2.51. The molecule has 0 saturated carbocycles. The van der Waals surface area contributed by atoms with Crippen LogP contribution in [0.3, 0.4) is 0 Å². The lowest BCUT2D eigenvalue weighted by Crippen LogP contribution is -2.25. The van der Waals surface area contributed by atoms with Gasteiger partial charge in [-0.2, -0.15) is 5.26 Å². The van der Waals surface area contributed by atoms with Crippen LogP contribution in [0.4, 0.5) is 0 Å². The molecule has 3 heteroatoms. The van der Waals surface area contributed by atoms with Gasteiger partial charge >= 0.3 is 0 Å². The van der Waals surface area contributed by atoms with Crippen molar-refractivity contribution >= 4 is 5.78 Å². The molecule has 1 fully saturated rings. The number of hydrogen-bond acceptors (Lipinski definition) is 3. The Morgan fingerprint density at radius 3 is 3.00 bits per heavy atom. The summed E-state index contributed by atoms with van der Waals surface area (Å²) >= 11 is 0. The Bertz CT molecular complexity index is 159. The number of nitrogens with zero attached hydrogens (tertiary/aromatic N) is 1. The van der Waals surface area contributed by atoms with Gasteiger partial charge in [0.15, 0.2) is 5.78 Å². The summed E-state index contributed by atoms with van der Waals surface area (Å²) in [7, 11) is 0. The fourth-order valence-corrected chi connectivity index (χ4v) is 0.750. The Labute approximate surface area is 53.2 Å². The maximum absolute atomic E-state index is 10.7. The first-order valence-corrected chi connectivity index (χ1v) is 2.84. The molecule has 1 saturated heterocycles. The summed E-state index contributed by atoms with van der Waals surface area (Å²) in [5.74, 6) is -0.484. The van der Waals surface area contributed by atoms with E-state index in [9.17, 15) is 4.79 Å². The van der Waals surface area contributed by atoms with Crippen molar-refractivity contribution < 1.29 is 9.53 Å². The fraction of sp³-hybridized carbons (Fsp3) is 0.667. The van der Waals surface area contributed by atoms with E-state index in [1.807, 2.05) is 6.07 Å². The highest BCUT2D eigenvalue weighted by Crippen LogP contribution is 2.07. The smallest absolute Gasteiger partial charge is 0.154 e. The first-order valence-electron chi connectivity index (χ1n) is 2.84. The fourth-order valence-electron chi connectivity index (χ4n) is 0.750. The number of carbonyl (C=O) groups excluding carboxylic acids is 1. The second kappa shape index (κ2) is 2.60. The molecule has 0 amide bonds. The molecule has 1 atom stereocenters. The second-order valence-electron chi connectivity index (χ2n) is 1.97. The van der Waals surface area contributed by atoms with Gasteiger partial charge in [-0.15, -0.1) is 0 Å². The van der Waals surface area contributed by atoms with Crippen molar-refractivity contribution in [1.82, 2.24) is 0 Å². The monoisotopic (exact) mass is 125 g/mol. The molecule has 0 spiro atoms. The van der Waals surface area contributed by atoms with Crippen LogP contribution in [0.2, 0.25) is 0 Å². The minimum atomic E-state index is -0.501. The van der Waals surface area contributed by atoms with Crippen LogP contribution in [0.5, 0.6) is 0 Å². The van der Waals surface area contributed by atoms with Crippen LogP contribution in [-0.2, 0) is 9.53 Å². The summed E-state index contributed by atoms with van der Waals surface area (Å²) in [6.45, 7) is 0.770. The summed E-state index contributed by atoms with van der Waals surface area (Å²) < 4.78 is 4.90. The van der Waals surface area contributed by atoms with Crippen molar-refractivity contribution in [2.45, 2.75) is 6.42 Å². The van der Waals surface area contributed by atoms with Crippen molar-refractivity contribution in [2.24, 2.45) is 5.92 Å². The summed E-state index contributed by atoms with van der Waals surface area (Å²) in [5.41, 5.74) is 0. The van der Waals surface area contributed by atoms with E-state index >= 15 is 0 Å². The van der Waals surface area contributed by atoms with Gasteiger partial charge in [0, 0.05) is 6.42 Å². The van der Waals surface area contributed by atoms with Crippen LogP contribution in [0.1, 0.15) is 6.42 Å². The van der Waals surface area contributed by atoms with Crippen LogP contribution in [0.15, 0.2) is 0 Å². The Hall–Kier alpha value is -0.880. The molecule has 0 aromatic rings. The molecule has 0 unspecified atom stereocenters. The van der Waals surface area contributed by atoms with Gasteiger partial charge in [0.2, 0.25) is 0 Å². The van der Waals surface area contributed by atoms with Crippen LogP contribution < -0.4 is 0 Å². The molecule has 3 nitrogen and oxygen atoms in total. The van der Waals surface area contributed by atoms with Crippen molar-refractivity contribution in [1.29, 1.82) is 5.26 Å². The van der Waals surface area contributed by atoms with Crippen molar-refractivity contribution in [3.05, 3.63) is 0 Å². The second-order valence-corrected chi connectivity index (χ2v) is 1.97. The third-order valence-corrected chi connectivity index (χ3v) is 1.32. The number of carbonyl (C=O) groups is 1. The molecular weight excluding hydrogens is 118 g/mol. The highest BCUT2D eigenvalue weighted by molar-refractivity contribution is 5.83. The standard InChI is InChI=1S/C6H7NO2/c7-3-5-4-9-2-1-6(5)8/h5H,1-2,4H2/t5-/m0/s1. The minimum absolute atomic E-state index is 0.0174. The molecular formula is C6H7NO2. The van der Waals surface area contributed by atoms with Crippen LogP contribution in [0, 0.1) is 17.2 Å². The number of hydrogen-bond donors (Lipinski definition) is 0. The number of ketones is 1. The van der Waals surface area contributed by atoms with Gasteiger partial charge < -0.3 is 4.74 Å². The maximum atomic E-state index is 10.7. The lowest BCUT2D eigenvalue weighted by molar-refractivity contribution is -0.127. The Morgan fingerprint density at radius 1 is 1.78 bits per heavy atom. The molecule has 0 bridgehead atoms. The van der Waals surface area contributed by atoms with E-state index in [1.165, 1.54) is 0 Å². The summed E-state index contributed by atoms with van der Waals surface area (Å²) in [4.78, 5) is 10.7. The van der Waals surface area contributed by atoms with Crippen molar-refractivity contribution in [3.63, 3.8) is 0 Å². The lowest BCUT2D eigenvalue weighted by Gasteiger charge is -2.13. The largest absolute Gasteiger partial charge is 0.379 e. The zero-order chi connectivity index (χ0) is 6.69. The molecule has 1 aliphatic heterocycles. The van der Waals surface area contributed by atoms with E-state index in [0.717, 1.165) is 0 Å². The third kappa shape index (κ3) is 1.27. The molecule has 0 aliphatic carbocycles. The van der Waals surface area contributed by atoms with E-state index < -0.39 is 5.92 Å². The molecule has 1 rings (SSSR count). The van der Waals surface area contributed by atoms with E-state index in [2.05, 4.69) is 0 Å². The van der Waals surface area contributed by atoms with E-state index in [4.69, 9.17) is 10.00 Å². The predicted octanol–water partition coefficient (Wildman–Crippen LogP) is 0.116. The van der Waals surface area contributed by atoms with Gasteiger partial charge in [-0.1, -0.05) is 0 Å². The zero-order valence-electron chi connectivity index (χ0n) is 4.96. The molecule has 0 aromatic heterocycles. The van der Waals surface area contributed by atoms with Gasteiger partial charge in [0.1, 0.15) is 5.92 Å². The van der Waals surface area contributed by atoms with Crippen molar-refractivity contribution in [2.75, 3.05) is 13.2 Å². The molecule has 0 radical (unpaired) electrons. The third-order valence-electron chi connectivity index (χ3n) is 1.32. The predicted molar refractivity (Wildman–Crippen MR) is 29.5 cm³/mol. The van der Waals surface area contributed by atoms with Gasteiger partial charge in [-0.3, -0.25) is 4.79 Å². The molecule has 0 N–H and O–H groups in total. The average Bonchev–Trinajstić information content (AvgIpc) is 1.89. The molecule has 1 aliphatic rings. The normalized spacial score (nSPS) is 27.4. The number of rotatable bonds is 0. The number of nitriles is 1. The minimum Gasteiger partial charge on any atom is -0.379 e. The molecule has 0 aromatic carbocycles. The van der Waals surface area contributed by atoms with E-state index in [1.54, 1.807) is 0 Å². The van der Waals surface area contributed by atoms with Gasteiger partial charge in [-0.05, 0) is 0 Å². The van der Waals surface area contributed by atoms with Gasteiger partial charge in [0.05, 0.1) is 19.3 Å². The molecule has 9 heavy (non-hydrogen) atoms. The number of ether oxygens (including phenoxy) is 1. The quantitative estimate of drug-likeness (QED) is 0.462. The SMILES string of the molecule is N#C[C@H]1COCCC1=O. The van der Waals surface area contributed by atoms with Crippen LogP contribution in [-0.4, -0.2) is 19.0 Å².